The van der Waals surface area contributed by atoms with Crippen LogP contribution in [0.15, 0.2) is 41.2 Å². The molecule has 0 amide bonds. The van der Waals surface area contributed by atoms with Gasteiger partial charge in [0.2, 0.25) is 0 Å². The fourth-order valence-corrected chi connectivity index (χ4v) is 1.93. The van der Waals surface area contributed by atoms with E-state index in [1.54, 1.807) is 30.3 Å². The summed E-state index contributed by atoms with van der Waals surface area (Å²) in [6, 6.07) is 9.66. The highest BCUT2D eigenvalue weighted by Crippen LogP contribution is 2.27. The number of H-pyrrole nitrogens is 2. The number of halogens is 1. The number of aromatic nitrogens is 2. The molecule has 0 saturated heterocycles. The number of nitrogen functional groups attached to an aromatic ring is 1. The van der Waals surface area contributed by atoms with Gasteiger partial charge in [0.15, 0.2) is 0 Å². The Kier molecular flexibility index (Phi) is 2.49. The molecule has 0 spiro atoms. The lowest BCUT2D eigenvalue weighted by Crippen LogP contribution is -1.99. The summed E-state index contributed by atoms with van der Waals surface area (Å²) in [5.41, 5.74) is 7.96. The fraction of sp³-hybridized carbons (Fsp3) is 0. The highest BCUT2D eigenvalue weighted by Gasteiger charge is 2.07. The number of para-hydroxylation sites is 1. The molecule has 2 aromatic carbocycles. The van der Waals surface area contributed by atoms with Gasteiger partial charge in [0.1, 0.15) is 5.82 Å². The number of benzene rings is 2. The lowest BCUT2D eigenvalue weighted by atomic mass is 10.2. The molecule has 1 heterocycles. The van der Waals surface area contributed by atoms with Gasteiger partial charge in [0, 0.05) is 5.69 Å². The van der Waals surface area contributed by atoms with E-state index >= 15 is 0 Å². The Labute approximate surface area is 107 Å². The second kappa shape index (κ2) is 4.16. The van der Waals surface area contributed by atoms with Gasteiger partial charge < -0.3 is 21.0 Å². The molecule has 0 radical (unpaired) electrons. The average Bonchev–Trinajstić information content (AvgIpc) is 2.73. The molecule has 3 aromatic rings. The van der Waals surface area contributed by atoms with Crippen LogP contribution in [0.2, 0.25) is 0 Å². The van der Waals surface area contributed by atoms with E-state index in [0.717, 1.165) is 0 Å². The molecule has 1 aromatic heterocycles. The van der Waals surface area contributed by atoms with Gasteiger partial charge in [-0.2, -0.15) is 0 Å². The molecule has 0 unspecified atom stereocenters. The first-order valence-corrected chi connectivity index (χ1v) is 5.66. The summed E-state index contributed by atoms with van der Waals surface area (Å²) in [6.07, 6.45) is 0. The first-order valence-electron chi connectivity index (χ1n) is 5.66. The zero-order valence-corrected chi connectivity index (χ0v) is 9.83. The predicted octanol–water partition coefficient (Wildman–Crippen LogP) is 2.32. The third-order valence-electron chi connectivity index (χ3n) is 2.83. The lowest BCUT2D eigenvalue weighted by Gasteiger charge is -2.10. The van der Waals surface area contributed by atoms with Crippen molar-refractivity contribution in [3.8, 4) is 0 Å². The minimum Gasteiger partial charge on any atom is -0.397 e. The molecule has 3 rings (SSSR count). The number of anilines is 3. The molecule has 19 heavy (non-hydrogen) atoms. The number of imidazole rings is 1. The number of rotatable bonds is 2. The zero-order valence-electron chi connectivity index (χ0n) is 9.83. The summed E-state index contributed by atoms with van der Waals surface area (Å²) in [5, 5.41) is 2.91. The second-order valence-electron chi connectivity index (χ2n) is 4.17. The maximum Gasteiger partial charge on any atom is 0.323 e. The predicted molar refractivity (Wildman–Crippen MR) is 73.0 cm³/mol. The van der Waals surface area contributed by atoms with Gasteiger partial charge in [-0.15, -0.1) is 0 Å². The molecule has 0 bridgehead atoms. The molecular formula is C13H11FN4O. The highest BCUT2D eigenvalue weighted by atomic mass is 19.1. The molecule has 0 aliphatic heterocycles. The largest absolute Gasteiger partial charge is 0.397 e. The van der Waals surface area contributed by atoms with Gasteiger partial charge in [0.25, 0.3) is 0 Å². The van der Waals surface area contributed by atoms with Crippen LogP contribution in [0.1, 0.15) is 0 Å². The van der Waals surface area contributed by atoms with Gasteiger partial charge in [-0.05, 0) is 30.3 Å². The Morgan fingerprint density at radius 1 is 1.11 bits per heavy atom. The van der Waals surface area contributed by atoms with E-state index < -0.39 is 5.82 Å². The van der Waals surface area contributed by atoms with Crippen LogP contribution in [0.3, 0.4) is 0 Å². The van der Waals surface area contributed by atoms with Gasteiger partial charge in [-0.3, -0.25) is 0 Å². The lowest BCUT2D eigenvalue weighted by molar-refractivity contribution is 0.632. The summed E-state index contributed by atoms with van der Waals surface area (Å²) in [5.74, 6) is -0.428. The van der Waals surface area contributed by atoms with Crippen LogP contribution in [0.25, 0.3) is 11.0 Å². The number of nitrogens with one attached hydrogen (secondary N) is 3. The summed E-state index contributed by atoms with van der Waals surface area (Å²) in [4.78, 5) is 16.4. The normalized spacial score (nSPS) is 10.8. The quantitative estimate of drug-likeness (QED) is 0.532. The Hall–Kier alpha value is -2.76. The van der Waals surface area contributed by atoms with E-state index in [0.29, 0.717) is 22.4 Å². The molecule has 96 valence electrons. The Morgan fingerprint density at radius 2 is 1.89 bits per heavy atom. The first kappa shape index (κ1) is 11.3. The number of fused-ring (bicyclic) bond motifs is 1. The number of nitrogens with two attached hydrogens (primary N) is 1. The van der Waals surface area contributed by atoms with Crippen molar-refractivity contribution < 1.29 is 4.39 Å². The molecule has 0 atom stereocenters. The van der Waals surface area contributed by atoms with E-state index in [9.17, 15) is 9.18 Å². The molecule has 5 nitrogen and oxygen atoms in total. The average molecular weight is 258 g/mol. The Bertz CT molecular complexity index is 786. The minimum atomic E-state index is -0.428. The molecule has 0 aliphatic rings. The highest BCUT2D eigenvalue weighted by molar-refractivity contribution is 5.82. The van der Waals surface area contributed by atoms with Crippen molar-refractivity contribution in [3.05, 3.63) is 52.7 Å². The zero-order chi connectivity index (χ0) is 13.4. The van der Waals surface area contributed by atoms with Gasteiger partial charge in [-0.25, -0.2) is 9.18 Å². The van der Waals surface area contributed by atoms with Crippen molar-refractivity contribution >= 4 is 28.1 Å². The van der Waals surface area contributed by atoms with Crippen LogP contribution < -0.4 is 16.7 Å². The van der Waals surface area contributed by atoms with Crippen LogP contribution >= 0.6 is 0 Å². The van der Waals surface area contributed by atoms with E-state index in [1.807, 2.05) is 0 Å². The van der Waals surface area contributed by atoms with Crippen LogP contribution in [-0.4, -0.2) is 9.97 Å². The maximum absolute atomic E-state index is 13.6. The number of hydrogen-bond acceptors (Lipinski definition) is 3. The monoisotopic (exact) mass is 258 g/mol. The van der Waals surface area contributed by atoms with E-state index in [4.69, 9.17) is 5.73 Å². The number of hydrogen-bond donors (Lipinski definition) is 4. The summed E-state index contributed by atoms with van der Waals surface area (Å²) < 4.78 is 13.6. The summed E-state index contributed by atoms with van der Waals surface area (Å²) in [6.45, 7) is 0. The van der Waals surface area contributed by atoms with Crippen molar-refractivity contribution in [3.63, 3.8) is 0 Å². The van der Waals surface area contributed by atoms with Crippen LogP contribution in [0, 0.1) is 5.82 Å². The summed E-state index contributed by atoms with van der Waals surface area (Å²) >= 11 is 0. The Balaban J connectivity index is 2.03. The molecule has 0 fully saturated rings. The number of aromatic amines is 2. The van der Waals surface area contributed by atoms with E-state index in [2.05, 4.69) is 15.3 Å². The van der Waals surface area contributed by atoms with Crippen molar-refractivity contribution in [2.45, 2.75) is 0 Å². The second-order valence-corrected chi connectivity index (χ2v) is 4.17. The SMILES string of the molecule is Nc1cccc(F)c1Nc1ccc2[nH]c(=O)[nH]c2c1. The Morgan fingerprint density at radius 3 is 2.68 bits per heavy atom. The first-order chi connectivity index (χ1) is 9.13. The topological polar surface area (TPSA) is 86.7 Å². The smallest absolute Gasteiger partial charge is 0.323 e. The molecular weight excluding hydrogens is 247 g/mol. The third kappa shape index (κ3) is 2.03. The minimum absolute atomic E-state index is 0.222. The van der Waals surface area contributed by atoms with Crippen molar-refractivity contribution in [2.24, 2.45) is 0 Å². The molecule has 6 heteroatoms. The van der Waals surface area contributed by atoms with Gasteiger partial charge >= 0.3 is 5.69 Å². The molecule has 0 aliphatic carbocycles. The molecule has 5 N–H and O–H groups in total. The van der Waals surface area contributed by atoms with Crippen molar-refractivity contribution in [1.29, 1.82) is 0 Å². The van der Waals surface area contributed by atoms with Crippen LogP contribution in [0.5, 0.6) is 0 Å². The van der Waals surface area contributed by atoms with Crippen molar-refractivity contribution in [2.75, 3.05) is 11.1 Å². The fourth-order valence-electron chi connectivity index (χ4n) is 1.93. The van der Waals surface area contributed by atoms with E-state index in [1.165, 1.54) is 6.07 Å². The van der Waals surface area contributed by atoms with Crippen LogP contribution in [0.4, 0.5) is 21.5 Å². The standard InChI is InChI=1S/C13H11FN4O/c14-8-2-1-3-9(15)12(8)16-7-4-5-10-11(6-7)18-13(19)17-10/h1-6,16H,15H2,(H2,17,18,19). The van der Waals surface area contributed by atoms with Gasteiger partial charge in [0.05, 0.1) is 22.4 Å². The van der Waals surface area contributed by atoms with Crippen LogP contribution in [-0.2, 0) is 0 Å². The summed E-state index contributed by atoms with van der Waals surface area (Å²) in [7, 11) is 0. The maximum atomic E-state index is 13.6. The van der Waals surface area contributed by atoms with E-state index in [-0.39, 0.29) is 11.4 Å². The third-order valence-corrected chi connectivity index (χ3v) is 2.83. The molecule has 0 saturated carbocycles. The van der Waals surface area contributed by atoms with Gasteiger partial charge in [-0.1, -0.05) is 6.07 Å². The van der Waals surface area contributed by atoms with Crippen molar-refractivity contribution in [1.82, 2.24) is 9.97 Å².